The van der Waals surface area contributed by atoms with E-state index in [0.717, 1.165) is 0 Å². The molecule has 0 aliphatic rings. The molecule has 0 fully saturated rings. The van der Waals surface area contributed by atoms with E-state index in [1.807, 2.05) is 0 Å². The molecule has 0 saturated carbocycles. The number of primary amides is 2. The molecule has 0 aromatic heterocycles. The van der Waals surface area contributed by atoms with E-state index in [9.17, 15) is 33.9 Å². The van der Waals surface area contributed by atoms with Gasteiger partial charge >= 0.3 is 5.97 Å². The van der Waals surface area contributed by atoms with Gasteiger partial charge in [0.15, 0.2) is 0 Å². The van der Waals surface area contributed by atoms with Crippen LogP contribution in [-0.4, -0.2) is 70.4 Å². The molecule has 1 aromatic carbocycles. The molecule has 1 rings (SSSR count). The number of carbonyl (C=O) groups excluding carboxylic acids is 5. The number of amides is 5. The maximum atomic E-state index is 12.8. The fourth-order valence-corrected chi connectivity index (χ4v) is 2.63. The van der Waals surface area contributed by atoms with Gasteiger partial charge in [-0.05, 0) is 17.7 Å². The van der Waals surface area contributed by atoms with Gasteiger partial charge in [0.2, 0.25) is 29.5 Å². The van der Waals surface area contributed by atoms with Gasteiger partial charge in [-0.15, -0.1) is 0 Å². The van der Waals surface area contributed by atoms with Crippen molar-refractivity contribution in [2.75, 3.05) is 6.54 Å². The molecule has 14 nitrogen and oxygen atoms in total. The van der Waals surface area contributed by atoms with Gasteiger partial charge in [0, 0.05) is 6.42 Å². The molecule has 14 heteroatoms. The van der Waals surface area contributed by atoms with Gasteiger partial charge in [0.05, 0.1) is 18.9 Å². The van der Waals surface area contributed by atoms with Crippen molar-refractivity contribution in [1.82, 2.24) is 16.0 Å². The van der Waals surface area contributed by atoms with Crippen molar-refractivity contribution < 1.29 is 39.0 Å². The Kier molecular flexibility index (Phi) is 10.3. The normalized spacial score (nSPS) is 13.1. The quantitative estimate of drug-likeness (QED) is 0.141. The summed E-state index contributed by atoms with van der Waals surface area (Å²) in [6.07, 6.45) is -1.28. The van der Waals surface area contributed by atoms with Crippen LogP contribution < -0.4 is 33.2 Å². The monoisotopic (exact) mass is 466 g/mol. The molecule has 0 spiro atoms. The van der Waals surface area contributed by atoms with Crippen molar-refractivity contribution in [3.05, 3.63) is 29.8 Å². The van der Waals surface area contributed by atoms with Gasteiger partial charge in [-0.25, -0.2) is 0 Å². The summed E-state index contributed by atoms with van der Waals surface area (Å²) >= 11 is 0. The zero-order chi connectivity index (χ0) is 25.1. The molecule has 33 heavy (non-hydrogen) atoms. The first-order chi connectivity index (χ1) is 15.4. The fourth-order valence-electron chi connectivity index (χ4n) is 2.63. The topological polar surface area (TPSA) is 257 Å². The summed E-state index contributed by atoms with van der Waals surface area (Å²) in [7, 11) is 0. The minimum Gasteiger partial charge on any atom is -0.508 e. The number of nitrogens with one attached hydrogen (secondary N) is 3. The van der Waals surface area contributed by atoms with Gasteiger partial charge < -0.3 is 43.4 Å². The number of carboxylic acid groups (broad SMARTS) is 1. The maximum absolute atomic E-state index is 12.8. The van der Waals surface area contributed by atoms with Crippen LogP contribution in [0.5, 0.6) is 5.75 Å². The van der Waals surface area contributed by atoms with Gasteiger partial charge in [-0.2, -0.15) is 0 Å². The number of nitrogens with two attached hydrogens (primary N) is 3. The van der Waals surface area contributed by atoms with E-state index in [0.29, 0.717) is 5.56 Å². The molecule has 11 N–H and O–H groups in total. The molecule has 1 aromatic rings. The molecule has 180 valence electrons. The number of hydrogen-bond acceptors (Lipinski definition) is 8. The largest absolute Gasteiger partial charge is 0.508 e. The highest BCUT2D eigenvalue weighted by atomic mass is 16.4. The Labute approximate surface area is 187 Å². The van der Waals surface area contributed by atoms with E-state index in [4.69, 9.17) is 22.3 Å². The van der Waals surface area contributed by atoms with E-state index < -0.39 is 73.0 Å². The molecular weight excluding hydrogens is 440 g/mol. The molecule has 3 atom stereocenters. The number of hydrogen-bond donors (Lipinski definition) is 8. The van der Waals surface area contributed by atoms with Gasteiger partial charge in [0.1, 0.15) is 24.4 Å². The Morgan fingerprint density at radius 1 is 0.818 bits per heavy atom. The van der Waals surface area contributed by atoms with Crippen LogP contribution in [0.3, 0.4) is 0 Å². The van der Waals surface area contributed by atoms with E-state index in [-0.39, 0.29) is 12.2 Å². The third-order valence-corrected chi connectivity index (χ3v) is 4.22. The van der Waals surface area contributed by atoms with Gasteiger partial charge in [-0.3, -0.25) is 28.8 Å². The number of benzene rings is 1. The van der Waals surface area contributed by atoms with Gasteiger partial charge in [-0.1, -0.05) is 12.1 Å². The summed E-state index contributed by atoms with van der Waals surface area (Å²) in [4.78, 5) is 70.5. The second-order valence-electron chi connectivity index (χ2n) is 7.05. The lowest BCUT2D eigenvalue weighted by Crippen LogP contribution is -2.57. The summed E-state index contributed by atoms with van der Waals surface area (Å²) in [5.41, 5.74) is 16.1. The van der Waals surface area contributed by atoms with Crippen molar-refractivity contribution >= 4 is 35.5 Å². The van der Waals surface area contributed by atoms with Crippen LogP contribution in [-0.2, 0) is 35.2 Å². The number of aliphatic carboxylic acids is 1. The minimum atomic E-state index is -1.54. The number of aromatic hydroxyl groups is 1. The summed E-state index contributed by atoms with van der Waals surface area (Å²) < 4.78 is 0. The highest BCUT2D eigenvalue weighted by molar-refractivity contribution is 5.96. The summed E-state index contributed by atoms with van der Waals surface area (Å²) in [6, 6.07) is 1.41. The first-order valence-corrected chi connectivity index (χ1v) is 9.59. The molecule has 0 heterocycles. The highest BCUT2D eigenvalue weighted by Crippen LogP contribution is 2.12. The molecular formula is C19H26N6O8. The molecule has 0 aliphatic heterocycles. The summed E-state index contributed by atoms with van der Waals surface area (Å²) in [5.74, 6) is -5.97. The zero-order valence-corrected chi connectivity index (χ0v) is 17.4. The molecule has 5 amide bonds. The van der Waals surface area contributed by atoms with Crippen LogP contribution in [0.25, 0.3) is 0 Å². The molecule has 3 unspecified atom stereocenters. The second-order valence-corrected chi connectivity index (χ2v) is 7.05. The lowest BCUT2D eigenvalue weighted by molar-refractivity contribution is -0.138. The summed E-state index contributed by atoms with van der Waals surface area (Å²) in [6.45, 7) is -0.718. The predicted molar refractivity (Wildman–Crippen MR) is 112 cm³/mol. The van der Waals surface area contributed by atoms with Crippen molar-refractivity contribution in [2.24, 2.45) is 17.2 Å². The zero-order valence-electron chi connectivity index (χ0n) is 17.4. The van der Waals surface area contributed by atoms with Crippen molar-refractivity contribution in [2.45, 2.75) is 37.4 Å². The van der Waals surface area contributed by atoms with E-state index >= 15 is 0 Å². The second kappa shape index (κ2) is 12.6. The van der Waals surface area contributed by atoms with Crippen molar-refractivity contribution in [3.8, 4) is 5.75 Å². The lowest BCUT2D eigenvalue weighted by Gasteiger charge is -2.23. The molecule has 0 radical (unpaired) electrons. The Hall–Kier alpha value is -4.20. The smallest absolute Gasteiger partial charge is 0.322 e. The van der Waals surface area contributed by atoms with Crippen molar-refractivity contribution in [1.29, 1.82) is 0 Å². The number of rotatable bonds is 13. The average molecular weight is 466 g/mol. The lowest BCUT2D eigenvalue weighted by atomic mass is 10.0. The molecule has 0 saturated heterocycles. The van der Waals surface area contributed by atoms with Crippen LogP contribution in [0.1, 0.15) is 18.4 Å². The fraction of sp³-hybridized carbons (Fsp3) is 0.368. The standard InChI is InChI=1S/C19H26N6O8/c20-11(6-14(21)27)17(31)24-13(7-15(22)28)19(33)25-12(18(32)23-8-16(29)30)5-9-1-3-10(26)4-2-9/h1-4,11-13,26H,5-8,20H2,(H2,21,27)(H2,22,28)(H,23,32)(H,24,31)(H,25,33)(H,29,30). The summed E-state index contributed by atoms with van der Waals surface area (Å²) in [5, 5.41) is 24.8. The van der Waals surface area contributed by atoms with Crippen LogP contribution >= 0.6 is 0 Å². The number of carboxylic acids is 1. The Morgan fingerprint density at radius 2 is 1.36 bits per heavy atom. The van der Waals surface area contributed by atoms with Crippen molar-refractivity contribution in [3.63, 3.8) is 0 Å². The van der Waals surface area contributed by atoms with E-state index in [1.54, 1.807) is 0 Å². The third-order valence-electron chi connectivity index (χ3n) is 4.22. The number of carbonyl (C=O) groups is 6. The van der Waals surface area contributed by atoms with Crippen LogP contribution in [0.4, 0.5) is 0 Å². The van der Waals surface area contributed by atoms with E-state index in [2.05, 4.69) is 16.0 Å². The maximum Gasteiger partial charge on any atom is 0.322 e. The van der Waals surface area contributed by atoms with Gasteiger partial charge in [0.25, 0.3) is 0 Å². The van der Waals surface area contributed by atoms with Crippen LogP contribution in [0, 0.1) is 0 Å². The van der Waals surface area contributed by atoms with E-state index in [1.165, 1.54) is 24.3 Å². The Balaban J connectivity index is 3.03. The third kappa shape index (κ3) is 10.1. The minimum absolute atomic E-state index is 0.0359. The molecule has 0 bridgehead atoms. The average Bonchev–Trinajstić information content (AvgIpc) is 2.71. The highest BCUT2D eigenvalue weighted by Gasteiger charge is 2.30. The predicted octanol–water partition coefficient (Wildman–Crippen LogP) is -3.82. The Bertz CT molecular complexity index is 904. The first-order valence-electron chi connectivity index (χ1n) is 9.59. The SMILES string of the molecule is NC(=O)CC(N)C(=O)NC(CC(N)=O)C(=O)NC(Cc1ccc(O)cc1)C(=O)NCC(=O)O. The first kappa shape index (κ1) is 26.8. The Morgan fingerprint density at radius 3 is 1.88 bits per heavy atom. The number of phenols is 1. The van der Waals surface area contributed by atoms with Crippen LogP contribution in [0.2, 0.25) is 0 Å². The van der Waals surface area contributed by atoms with Crippen LogP contribution in [0.15, 0.2) is 24.3 Å². The molecule has 0 aliphatic carbocycles. The number of phenolic OH excluding ortho intramolecular Hbond substituents is 1.